The molecule has 4 aromatic rings. The lowest BCUT2D eigenvalue weighted by Gasteiger charge is -2.37. The van der Waals surface area contributed by atoms with Crippen molar-refractivity contribution in [2.45, 2.75) is 25.3 Å². The SMILES string of the molecule is CNC1(c2cccc(C(=O)Nc3ccc(C)c(NC(=O)c4cc5nccnc5s4)c3)c2)CCOCC1. The number of carbonyl (C=O) groups excluding carboxylic acids is 2. The Morgan fingerprint density at radius 1 is 0.972 bits per heavy atom. The molecule has 9 heteroatoms. The molecule has 0 bridgehead atoms. The zero-order valence-corrected chi connectivity index (χ0v) is 20.9. The predicted octanol–water partition coefficient (Wildman–Crippen LogP) is 4.73. The second-order valence-corrected chi connectivity index (χ2v) is 9.85. The zero-order valence-electron chi connectivity index (χ0n) is 20.1. The molecule has 1 aliphatic rings. The molecule has 0 saturated carbocycles. The maximum atomic E-state index is 13.1. The van der Waals surface area contributed by atoms with E-state index in [1.54, 1.807) is 24.5 Å². The van der Waals surface area contributed by atoms with Crippen LogP contribution >= 0.6 is 11.3 Å². The molecule has 0 aliphatic carbocycles. The second kappa shape index (κ2) is 10.1. The number of hydrogen-bond donors (Lipinski definition) is 3. The average Bonchev–Trinajstić information content (AvgIpc) is 3.36. The standard InChI is InChI=1S/C27H27N5O3S/c1-17-6-7-20(15-21(17)32-25(34)23-16-22-26(36-23)30-11-10-29-22)31-24(33)18-4-3-5-19(14-18)27(28-2)8-12-35-13-9-27/h3-7,10-11,14-16,28H,8-9,12-13H2,1-2H3,(H,31,33)(H,32,34). The fourth-order valence-corrected chi connectivity index (χ4v) is 5.32. The number of anilines is 2. The quantitative estimate of drug-likeness (QED) is 0.353. The number of fused-ring (bicyclic) bond motifs is 1. The van der Waals surface area contributed by atoms with Crippen LogP contribution in [0.4, 0.5) is 11.4 Å². The first kappa shape index (κ1) is 24.1. The van der Waals surface area contributed by atoms with Crippen LogP contribution in [0.25, 0.3) is 10.3 Å². The molecule has 0 spiro atoms. The number of amides is 2. The fraction of sp³-hybridized carbons (Fsp3) is 0.259. The lowest BCUT2D eigenvalue weighted by molar-refractivity contribution is 0.0398. The molecule has 2 aromatic heterocycles. The van der Waals surface area contributed by atoms with E-state index in [0.717, 1.165) is 24.0 Å². The summed E-state index contributed by atoms with van der Waals surface area (Å²) in [5, 5.41) is 9.36. The van der Waals surface area contributed by atoms with Crippen molar-refractivity contribution in [2.75, 3.05) is 30.9 Å². The van der Waals surface area contributed by atoms with Gasteiger partial charge in [-0.15, -0.1) is 11.3 Å². The monoisotopic (exact) mass is 501 g/mol. The maximum Gasteiger partial charge on any atom is 0.265 e. The molecule has 1 aliphatic heterocycles. The predicted molar refractivity (Wildman–Crippen MR) is 142 cm³/mol. The number of nitrogens with one attached hydrogen (secondary N) is 3. The smallest absolute Gasteiger partial charge is 0.265 e. The first-order valence-electron chi connectivity index (χ1n) is 11.8. The molecule has 5 rings (SSSR count). The molecule has 3 N–H and O–H groups in total. The topological polar surface area (TPSA) is 105 Å². The lowest BCUT2D eigenvalue weighted by Crippen LogP contribution is -2.44. The van der Waals surface area contributed by atoms with Gasteiger partial charge in [0.2, 0.25) is 0 Å². The molecule has 36 heavy (non-hydrogen) atoms. The summed E-state index contributed by atoms with van der Waals surface area (Å²) >= 11 is 1.29. The Balaban J connectivity index is 1.33. The summed E-state index contributed by atoms with van der Waals surface area (Å²) in [6.45, 7) is 3.27. The van der Waals surface area contributed by atoms with Gasteiger partial charge in [0.1, 0.15) is 10.3 Å². The van der Waals surface area contributed by atoms with Gasteiger partial charge < -0.3 is 20.7 Å². The number of ether oxygens (including phenoxy) is 1. The van der Waals surface area contributed by atoms with Crippen LogP contribution in [0, 0.1) is 6.92 Å². The highest BCUT2D eigenvalue weighted by molar-refractivity contribution is 7.20. The van der Waals surface area contributed by atoms with Crippen LogP contribution in [0.15, 0.2) is 60.9 Å². The Morgan fingerprint density at radius 2 is 1.78 bits per heavy atom. The third-order valence-electron chi connectivity index (χ3n) is 6.64. The normalized spacial score (nSPS) is 14.9. The zero-order chi connectivity index (χ0) is 25.1. The lowest BCUT2D eigenvalue weighted by atomic mass is 9.82. The molecule has 1 saturated heterocycles. The molecule has 0 atom stereocenters. The van der Waals surface area contributed by atoms with Gasteiger partial charge in [0.25, 0.3) is 11.8 Å². The van der Waals surface area contributed by atoms with Gasteiger partial charge >= 0.3 is 0 Å². The van der Waals surface area contributed by atoms with Gasteiger partial charge in [-0.3, -0.25) is 14.6 Å². The van der Waals surface area contributed by atoms with Crippen LogP contribution in [0.2, 0.25) is 0 Å². The van der Waals surface area contributed by atoms with Crippen molar-refractivity contribution >= 4 is 44.9 Å². The molecule has 0 unspecified atom stereocenters. The Kier molecular flexibility index (Phi) is 6.77. The molecule has 0 radical (unpaired) electrons. The van der Waals surface area contributed by atoms with Gasteiger partial charge in [-0.05, 0) is 68.3 Å². The Bertz CT molecular complexity index is 1390. The van der Waals surface area contributed by atoms with Crippen molar-refractivity contribution in [2.24, 2.45) is 0 Å². The van der Waals surface area contributed by atoms with Gasteiger partial charge in [-0.1, -0.05) is 18.2 Å². The van der Waals surface area contributed by atoms with E-state index in [9.17, 15) is 9.59 Å². The summed E-state index contributed by atoms with van der Waals surface area (Å²) in [6.07, 6.45) is 4.91. The van der Waals surface area contributed by atoms with Gasteiger partial charge in [0.05, 0.1) is 4.88 Å². The number of rotatable bonds is 6. The minimum atomic E-state index is -0.243. The number of nitrogens with zero attached hydrogens (tertiary/aromatic N) is 2. The van der Waals surface area contributed by atoms with Crippen molar-refractivity contribution in [1.82, 2.24) is 15.3 Å². The van der Waals surface area contributed by atoms with Gasteiger partial charge in [-0.25, -0.2) is 4.98 Å². The van der Waals surface area contributed by atoms with Crippen LogP contribution in [0.3, 0.4) is 0 Å². The third kappa shape index (κ3) is 4.86. The Morgan fingerprint density at radius 3 is 2.56 bits per heavy atom. The summed E-state index contributed by atoms with van der Waals surface area (Å²) in [6, 6.07) is 14.9. The minimum absolute atomic E-state index is 0.201. The van der Waals surface area contributed by atoms with Crippen LogP contribution in [0.5, 0.6) is 0 Å². The second-order valence-electron chi connectivity index (χ2n) is 8.82. The van der Waals surface area contributed by atoms with E-state index in [-0.39, 0.29) is 17.4 Å². The molecule has 8 nitrogen and oxygen atoms in total. The molecular formula is C27H27N5O3S. The van der Waals surface area contributed by atoms with E-state index in [4.69, 9.17) is 4.74 Å². The summed E-state index contributed by atoms with van der Waals surface area (Å²) in [5.74, 6) is -0.453. The highest BCUT2D eigenvalue weighted by Crippen LogP contribution is 2.32. The summed E-state index contributed by atoms with van der Waals surface area (Å²) in [5.41, 5.74) is 4.24. The summed E-state index contributed by atoms with van der Waals surface area (Å²) in [4.78, 5) is 35.7. The van der Waals surface area contributed by atoms with E-state index in [1.807, 2.05) is 44.3 Å². The average molecular weight is 502 g/mol. The molecule has 2 aromatic carbocycles. The maximum absolute atomic E-state index is 13.1. The number of thiophene rings is 1. The Labute approximate surface area is 213 Å². The van der Waals surface area contributed by atoms with Crippen LogP contribution in [-0.2, 0) is 10.3 Å². The molecular weight excluding hydrogens is 474 g/mol. The molecule has 2 amide bonds. The first-order chi connectivity index (χ1) is 17.5. The van der Waals surface area contributed by atoms with Crippen molar-refractivity contribution in [3.63, 3.8) is 0 Å². The highest BCUT2D eigenvalue weighted by atomic mass is 32.1. The summed E-state index contributed by atoms with van der Waals surface area (Å²) < 4.78 is 5.54. The number of carbonyl (C=O) groups is 2. The van der Waals surface area contributed by atoms with Crippen molar-refractivity contribution in [1.29, 1.82) is 0 Å². The van der Waals surface area contributed by atoms with E-state index in [1.165, 1.54) is 11.3 Å². The van der Waals surface area contributed by atoms with Crippen molar-refractivity contribution in [3.8, 4) is 0 Å². The Hall–Kier alpha value is -3.66. The molecule has 3 heterocycles. The van der Waals surface area contributed by atoms with E-state index >= 15 is 0 Å². The highest BCUT2D eigenvalue weighted by Gasteiger charge is 2.33. The van der Waals surface area contributed by atoms with Crippen molar-refractivity contribution in [3.05, 3.63) is 82.5 Å². The largest absolute Gasteiger partial charge is 0.381 e. The molecule has 184 valence electrons. The summed E-state index contributed by atoms with van der Waals surface area (Å²) in [7, 11) is 1.95. The number of aryl methyl sites for hydroxylation is 1. The van der Waals surface area contributed by atoms with Crippen molar-refractivity contribution < 1.29 is 14.3 Å². The van der Waals surface area contributed by atoms with Crippen LogP contribution in [0.1, 0.15) is 44.0 Å². The van der Waals surface area contributed by atoms with Crippen LogP contribution < -0.4 is 16.0 Å². The number of hydrogen-bond acceptors (Lipinski definition) is 7. The number of benzene rings is 2. The van der Waals surface area contributed by atoms with Gasteiger partial charge in [0, 0.05) is 48.1 Å². The van der Waals surface area contributed by atoms with Gasteiger partial charge in [0.15, 0.2) is 0 Å². The fourth-order valence-electron chi connectivity index (χ4n) is 4.47. The minimum Gasteiger partial charge on any atom is -0.381 e. The van der Waals surface area contributed by atoms with Gasteiger partial charge in [-0.2, -0.15) is 0 Å². The van der Waals surface area contributed by atoms with E-state index in [0.29, 0.717) is 45.4 Å². The van der Waals surface area contributed by atoms with Crippen LogP contribution in [-0.4, -0.2) is 42.0 Å². The first-order valence-corrected chi connectivity index (χ1v) is 12.6. The van der Waals surface area contributed by atoms with E-state index in [2.05, 4.69) is 32.0 Å². The third-order valence-corrected chi connectivity index (χ3v) is 7.67. The van der Waals surface area contributed by atoms with E-state index < -0.39 is 0 Å². The molecule has 1 fully saturated rings. The number of aromatic nitrogens is 2.